The lowest BCUT2D eigenvalue weighted by atomic mass is 9.88. The van der Waals surface area contributed by atoms with Gasteiger partial charge in [-0.3, -0.25) is 4.99 Å². The van der Waals surface area contributed by atoms with Crippen LogP contribution in [0.3, 0.4) is 0 Å². The summed E-state index contributed by atoms with van der Waals surface area (Å²) in [5.41, 5.74) is 12.3. The number of nitrogens with zero attached hydrogens (tertiary/aromatic N) is 4. The van der Waals surface area contributed by atoms with Crippen LogP contribution >= 0.6 is 0 Å². The molecule has 2 unspecified atom stereocenters. The Kier molecular flexibility index (Phi) is 7.25. The summed E-state index contributed by atoms with van der Waals surface area (Å²) in [6.07, 6.45) is 11.6. The topological polar surface area (TPSA) is 83.2 Å². The number of hydrogen-bond acceptors (Lipinski definition) is 6. The Bertz CT molecular complexity index is 525. The van der Waals surface area contributed by atoms with E-state index in [1.54, 1.807) is 0 Å². The van der Waals surface area contributed by atoms with E-state index in [4.69, 9.17) is 11.5 Å². The zero-order valence-corrected chi connectivity index (χ0v) is 17.4. The summed E-state index contributed by atoms with van der Waals surface area (Å²) in [6, 6.07) is 0.883. The average Bonchev–Trinajstić information content (AvgIpc) is 3.22. The van der Waals surface area contributed by atoms with Crippen LogP contribution in [0.1, 0.15) is 71.6 Å². The van der Waals surface area contributed by atoms with E-state index in [1.807, 2.05) is 0 Å². The van der Waals surface area contributed by atoms with Crippen LogP contribution in [0.4, 0.5) is 0 Å². The minimum absolute atomic E-state index is 0.379. The normalized spacial score (nSPS) is 27.8. The molecule has 0 aromatic heterocycles. The van der Waals surface area contributed by atoms with Gasteiger partial charge in [0.25, 0.3) is 0 Å². The van der Waals surface area contributed by atoms with Gasteiger partial charge in [0.1, 0.15) is 0 Å². The highest BCUT2D eigenvalue weighted by atomic mass is 15.3. The second kappa shape index (κ2) is 9.65. The van der Waals surface area contributed by atoms with Gasteiger partial charge in [-0.15, -0.1) is 0 Å². The fourth-order valence-corrected chi connectivity index (χ4v) is 4.79. The lowest BCUT2D eigenvalue weighted by Crippen LogP contribution is -2.44. The van der Waals surface area contributed by atoms with Gasteiger partial charge in [0.15, 0.2) is 11.9 Å². The summed E-state index contributed by atoms with van der Waals surface area (Å²) in [6.45, 7) is 8.51. The molecule has 0 aromatic carbocycles. The van der Waals surface area contributed by atoms with Crippen molar-refractivity contribution >= 4 is 11.9 Å². The van der Waals surface area contributed by atoms with E-state index in [2.05, 4.69) is 33.6 Å². The Labute approximate surface area is 165 Å². The van der Waals surface area contributed by atoms with E-state index >= 15 is 0 Å². The highest BCUT2D eigenvalue weighted by molar-refractivity contribution is 5.80. The molecule has 4 N–H and O–H groups in total. The second-order valence-electron chi connectivity index (χ2n) is 8.89. The highest BCUT2D eigenvalue weighted by Crippen LogP contribution is 2.27. The van der Waals surface area contributed by atoms with Crippen LogP contribution in [0.5, 0.6) is 0 Å². The Hall–Kier alpha value is -1.46. The Morgan fingerprint density at radius 2 is 1.89 bits per heavy atom. The molecule has 0 aromatic rings. The molecule has 1 saturated carbocycles. The largest absolute Gasteiger partial charge is 0.370 e. The molecule has 0 amide bonds. The molecule has 0 saturated heterocycles. The van der Waals surface area contributed by atoms with Gasteiger partial charge < -0.3 is 21.3 Å². The van der Waals surface area contributed by atoms with Gasteiger partial charge in [-0.05, 0) is 43.9 Å². The molecule has 27 heavy (non-hydrogen) atoms. The predicted octanol–water partition coefficient (Wildman–Crippen LogP) is 2.78. The van der Waals surface area contributed by atoms with Crippen LogP contribution in [0.2, 0.25) is 0 Å². The number of hydrogen-bond donors (Lipinski definition) is 2. The van der Waals surface area contributed by atoms with E-state index in [0.717, 1.165) is 56.9 Å². The molecule has 2 aliphatic heterocycles. The van der Waals surface area contributed by atoms with Crippen LogP contribution in [0.15, 0.2) is 9.98 Å². The van der Waals surface area contributed by atoms with Crippen LogP contribution in [-0.2, 0) is 0 Å². The third-order valence-electron chi connectivity index (χ3n) is 6.92. The van der Waals surface area contributed by atoms with Crippen molar-refractivity contribution in [1.29, 1.82) is 0 Å². The Morgan fingerprint density at radius 1 is 1.11 bits per heavy atom. The molecule has 2 heterocycles. The van der Waals surface area contributed by atoms with Gasteiger partial charge in [-0.1, -0.05) is 39.5 Å². The second-order valence-corrected chi connectivity index (χ2v) is 8.89. The monoisotopic (exact) mass is 376 g/mol. The molecular formula is C21H40N6. The third kappa shape index (κ3) is 5.29. The van der Waals surface area contributed by atoms with Crippen molar-refractivity contribution in [3.05, 3.63) is 0 Å². The summed E-state index contributed by atoms with van der Waals surface area (Å²) < 4.78 is 0. The first kappa shape index (κ1) is 20.3. The smallest absolute Gasteiger partial charge is 0.191 e. The Balaban J connectivity index is 1.38. The molecule has 6 nitrogen and oxygen atoms in total. The quantitative estimate of drug-likeness (QED) is 0.606. The van der Waals surface area contributed by atoms with Crippen molar-refractivity contribution in [2.75, 3.05) is 26.2 Å². The zero-order chi connectivity index (χ0) is 19.2. The van der Waals surface area contributed by atoms with Crippen LogP contribution < -0.4 is 11.5 Å². The van der Waals surface area contributed by atoms with E-state index in [-0.39, 0.29) is 0 Å². The van der Waals surface area contributed by atoms with E-state index in [0.29, 0.717) is 18.0 Å². The molecular weight excluding hydrogens is 336 g/mol. The van der Waals surface area contributed by atoms with Crippen molar-refractivity contribution in [3.8, 4) is 0 Å². The minimum atomic E-state index is 0.379. The molecule has 3 atom stereocenters. The number of aliphatic imine (C=N–C) groups is 2. The van der Waals surface area contributed by atoms with Crippen molar-refractivity contribution in [2.24, 2.45) is 33.3 Å². The third-order valence-corrected chi connectivity index (χ3v) is 6.92. The highest BCUT2D eigenvalue weighted by Gasteiger charge is 2.29. The molecule has 0 bridgehead atoms. The molecule has 0 spiro atoms. The molecule has 0 radical (unpaired) electrons. The summed E-state index contributed by atoms with van der Waals surface area (Å²) in [5, 5.41) is 0. The molecule has 154 valence electrons. The molecule has 6 heteroatoms. The first-order valence-corrected chi connectivity index (χ1v) is 11.2. The first-order chi connectivity index (χ1) is 13.1. The van der Waals surface area contributed by atoms with Crippen molar-refractivity contribution in [3.63, 3.8) is 0 Å². The number of guanidine groups is 2. The zero-order valence-electron chi connectivity index (χ0n) is 17.4. The lowest BCUT2D eigenvalue weighted by molar-refractivity contribution is 0.232. The van der Waals surface area contributed by atoms with Gasteiger partial charge >= 0.3 is 0 Å². The van der Waals surface area contributed by atoms with Crippen molar-refractivity contribution in [1.82, 2.24) is 9.80 Å². The summed E-state index contributed by atoms with van der Waals surface area (Å²) >= 11 is 0. The maximum absolute atomic E-state index is 6.20. The number of nitrogens with two attached hydrogens (primary N) is 2. The first-order valence-electron chi connectivity index (χ1n) is 11.2. The van der Waals surface area contributed by atoms with Crippen LogP contribution in [0, 0.1) is 11.8 Å². The van der Waals surface area contributed by atoms with E-state index in [9.17, 15) is 0 Å². The number of rotatable bonds is 9. The lowest BCUT2D eigenvalue weighted by Gasteiger charge is -2.32. The SMILES string of the molecule is CCC(C)C1CN(CCCC[C@H]2CN=C(N)N2CC2CCCCC2)C(N)=N1. The molecule has 1 aliphatic carbocycles. The van der Waals surface area contributed by atoms with Crippen molar-refractivity contribution < 1.29 is 0 Å². The average molecular weight is 377 g/mol. The van der Waals surface area contributed by atoms with Gasteiger partial charge in [0.05, 0.1) is 18.6 Å². The molecule has 3 aliphatic rings. The van der Waals surface area contributed by atoms with Crippen LogP contribution in [0.25, 0.3) is 0 Å². The van der Waals surface area contributed by atoms with Gasteiger partial charge in [0, 0.05) is 19.6 Å². The maximum atomic E-state index is 6.20. The summed E-state index contributed by atoms with van der Waals surface area (Å²) in [5.74, 6) is 2.94. The fraction of sp³-hybridized carbons (Fsp3) is 0.905. The van der Waals surface area contributed by atoms with E-state index < -0.39 is 0 Å². The summed E-state index contributed by atoms with van der Waals surface area (Å²) in [7, 11) is 0. The van der Waals surface area contributed by atoms with Crippen molar-refractivity contribution in [2.45, 2.75) is 83.7 Å². The summed E-state index contributed by atoms with van der Waals surface area (Å²) in [4.78, 5) is 13.9. The van der Waals surface area contributed by atoms with E-state index in [1.165, 1.54) is 44.9 Å². The Morgan fingerprint density at radius 3 is 2.63 bits per heavy atom. The maximum Gasteiger partial charge on any atom is 0.191 e. The number of unbranched alkanes of at least 4 members (excludes halogenated alkanes) is 1. The molecule has 1 fully saturated rings. The van der Waals surface area contributed by atoms with Gasteiger partial charge in [0.2, 0.25) is 0 Å². The van der Waals surface area contributed by atoms with Gasteiger partial charge in [-0.2, -0.15) is 0 Å². The minimum Gasteiger partial charge on any atom is -0.370 e. The predicted molar refractivity (Wildman–Crippen MR) is 114 cm³/mol. The van der Waals surface area contributed by atoms with Crippen LogP contribution in [-0.4, -0.2) is 60.0 Å². The molecule has 3 rings (SSSR count). The fourth-order valence-electron chi connectivity index (χ4n) is 4.79. The standard InChI is InChI=1S/C21H40N6/c1-3-16(2)19-15-26(21(23)25-19)12-8-7-11-18-13-24-20(22)27(18)14-17-9-5-4-6-10-17/h16-19H,3-15H2,1-2H3,(H2,22,24)(H2,23,25)/t16?,18-,19?/m0/s1. The van der Waals surface area contributed by atoms with Gasteiger partial charge in [-0.25, -0.2) is 4.99 Å².